The first-order chi connectivity index (χ1) is 11.4. The van der Waals surface area contributed by atoms with Crippen LogP contribution in [0.5, 0.6) is 0 Å². The van der Waals surface area contributed by atoms with Gasteiger partial charge < -0.3 is 14.7 Å². The van der Waals surface area contributed by atoms with E-state index in [0.29, 0.717) is 12.3 Å². The smallest absolute Gasteiger partial charge is 0.289 e. The summed E-state index contributed by atoms with van der Waals surface area (Å²) in [5, 5.41) is 23.0. The predicted molar refractivity (Wildman–Crippen MR) is 94.8 cm³/mol. The minimum Gasteiger partial charge on any atom is -0.394 e. The molecule has 1 saturated heterocycles. The highest BCUT2D eigenvalue weighted by molar-refractivity contribution is 6.76. The van der Waals surface area contributed by atoms with Crippen LogP contribution in [0.1, 0.15) is 18.4 Å². The molecule has 1 aliphatic rings. The Hall–Kier alpha value is -1.69. The highest BCUT2D eigenvalue weighted by Gasteiger charge is 2.27. The lowest BCUT2D eigenvalue weighted by atomic mass is 10.2. The minimum atomic E-state index is -1.18. The summed E-state index contributed by atoms with van der Waals surface area (Å²) in [6.45, 7) is 8.16. The Labute approximate surface area is 143 Å². The lowest BCUT2D eigenvalue weighted by Gasteiger charge is -2.25. The largest absolute Gasteiger partial charge is 0.394 e. The molecule has 1 aromatic rings. The first-order valence-electron chi connectivity index (χ1n) is 8.33. The number of aliphatic hydroxyl groups excluding tert-OH is 1. The molecule has 0 aromatic carbocycles. The molecule has 0 aliphatic carbocycles. The fourth-order valence-corrected chi connectivity index (χ4v) is 3.52. The van der Waals surface area contributed by atoms with Crippen LogP contribution < -0.4 is 10.5 Å². The number of ether oxygens (including phenoxy) is 1. The zero-order chi connectivity index (χ0) is 17.7. The lowest BCUT2D eigenvalue weighted by Crippen LogP contribution is -2.36. The van der Waals surface area contributed by atoms with E-state index < -0.39 is 13.6 Å². The molecular weight excluding hydrogens is 324 g/mol. The molecule has 1 fully saturated rings. The van der Waals surface area contributed by atoms with E-state index in [0.717, 1.165) is 25.4 Å². The van der Waals surface area contributed by atoms with Crippen LogP contribution in [0.2, 0.25) is 25.7 Å². The van der Waals surface area contributed by atoms with Gasteiger partial charge in [-0.05, 0) is 18.9 Å². The van der Waals surface area contributed by atoms with Crippen molar-refractivity contribution in [3.05, 3.63) is 22.1 Å². The van der Waals surface area contributed by atoms with E-state index in [4.69, 9.17) is 4.74 Å². The van der Waals surface area contributed by atoms with Gasteiger partial charge in [-0.25, -0.2) is 4.68 Å². The van der Waals surface area contributed by atoms with Crippen LogP contribution in [0.25, 0.3) is 0 Å². The predicted octanol–water partition coefficient (Wildman–Crippen LogP) is 1.39. The summed E-state index contributed by atoms with van der Waals surface area (Å²) in [4.78, 5) is 14.4. The van der Waals surface area contributed by atoms with Gasteiger partial charge in [0, 0.05) is 21.2 Å². The molecule has 1 aromatic heterocycles. The Morgan fingerprint density at radius 1 is 1.50 bits per heavy atom. The van der Waals surface area contributed by atoms with Gasteiger partial charge in [-0.3, -0.25) is 4.79 Å². The molecule has 0 spiro atoms. The van der Waals surface area contributed by atoms with Crippen LogP contribution in [0.3, 0.4) is 0 Å². The molecule has 0 radical (unpaired) electrons. The zero-order valence-electron chi connectivity index (χ0n) is 14.7. The molecule has 1 atom stereocenters. The number of rotatable bonds is 7. The molecule has 0 amide bonds. The third-order valence-corrected chi connectivity index (χ3v) is 5.95. The van der Waals surface area contributed by atoms with Crippen molar-refractivity contribution in [3.8, 4) is 6.07 Å². The summed E-state index contributed by atoms with van der Waals surface area (Å²) in [5.74, 6) is 0. The number of aliphatic hydroxyl groups is 1. The minimum absolute atomic E-state index is 0.00770. The monoisotopic (exact) mass is 350 g/mol. The third-order valence-electron chi connectivity index (χ3n) is 4.24. The highest BCUT2D eigenvalue weighted by atomic mass is 28.3. The van der Waals surface area contributed by atoms with Gasteiger partial charge in [0.2, 0.25) is 0 Å². The Bertz CT molecular complexity index is 663. The molecule has 0 bridgehead atoms. The maximum atomic E-state index is 12.5. The molecule has 2 heterocycles. The van der Waals surface area contributed by atoms with E-state index >= 15 is 0 Å². The highest BCUT2D eigenvalue weighted by Crippen LogP contribution is 2.26. The van der Waals surface area contributed by atoms with E-state index in [1.165, 1.54) is 10.9 Å². The van der Waals surface area contributed by atoms with E-state index in [2.05, 4.69) is 24.7 Å². The number of nitrogens with zero attached hydrogens (tertiary/aromatic N) is 4. The summed E-state index contributed by atoms with van der Waals surface area (Å²) in [5.41, 5.74) is 0.142. The number of hydrogen-bond acceptors (Lipinski definition) is 6. The van der Waals surface area contributed by atoms with Gasteiger partial charge in [0.1, 0.15) is 18.4 Å². The molecule has 132 valence electrons. The normalized spacial score (nSPS) is 18.0. The van der Waals surface area contributed by atoms with Crippen molar-refractivity contribution < 1.29 is 9.84 Å². The second kappa shape index (κ2) is 7.92. The van der Waals surface area contributed by atoms with E-state index in [1.807, 2.05) is 11.0 Å². The second-order valence-corrected chi connectivity index (χ2v) is 13.0. The van der Waals surface area contributed by atoms with Crippen molar-refractivity contribution in [1.29, 1.82) is 5.26 Å². The summed E-state index contributed by atoms with van der Waals surface area (Å²) in [6, 6.07) is 2.95. The summed E-state index contributed by atoms with van der Waals surface area (Å²) < 4.78 is 6.75. The number of nitriles is 1. The molecule has 2 rings (SSSR count). The Kier molecular flexibility index (Phi) is 6.15. The van der Waals surface area contributed by atoms with Crippen molar-refractivity contribution in [2.45, 2.75) is 51.3 Å². The number of anilines is 1. The van der Waals surface area contributed by atoms with Crippen LogP contribution in [0.4, 0.5) is 5.69 Å². The van der Waals surface area contributed by atoms with Crippen LogP contribution in [-0.2, 0) is 11.5 Å². The molecule has 24 heavy (non-hydrogen) atoms. The fraction of sp³-hybridized carbons (Fsp3) is 0.688. The maximum absolute atomic E-state index is 12.5. The quantitative estimate of drug-likeness (QED) is 0.590. The van der Waals surface area contributed by atoms with Crippen LogP contribution in [-0.4, -0.2) is 48.8 Å². The van der Waals surface area contributed by atoms with Gasteiger partial charge in [-0.1, -0.05) is 19.6 Å². The van der Waals surface area contributed by atoms with Gasteiger partial charge in [0.05, 0.1) is 24.5 Å². The average molecular weight is 350 g/mol. The zero-order valence-corrected chi connectivity index (χ0v) is 15.7. The molecule has 0 saturated carbocycles. The maximum Gasteiger partial charge on any atom is 0.289 e. The van der Waals surface area contributed by atoms with E-state index in [1.54, 1.807) is 0 Å². The van der Waals surface area contributed by atoms with E-state index in [-0.39, 0.29) is 24.9 Å². The summed E-state index contributed by atoms with van der Waals surface area (Å²) >= 11 is 0. The second-order valence-electron chi connectivity index (χ2n) is 7.34. The van der Waals surface area contributed by atoms with Crippen LogP contribution >= 0.6 is 0 Å². The van der Waals surface area contributed by atoms with Crippen LogP contribution in [0.15, 0.2) is 11.0 Å². The molecule has 7 nitrogen and oxygen atoms in total. The molecule has 1 N–H and O–H groups in total. The van der Waals surface area contributed by atoms with Gasteiger partial charge in [0.25, 0.3) is 5.56 Å². The molecular formula is C16H26N4O3Si. The van der Waals surface area contributed by atoms with Crippen molar-refractivity contribution in [2.75, 3.05) is 24.7 Å². The van der Waals surface area contributed by atoms with Crippen molar-refractivity contribution >= 4 is 13.8 Å². The van der Waals surface area contributed by atoms with Gasteiger partial charge >= 0.3 is 0 Å². The first-order valence-corrected chi connectivity index (χ1v) is 12.0. The summed E-state index contributed by atoms with van der Waals surface area (Å²) in [7, 11) is -1.18. The average Bonchev–Trinajstić information content (AvgIpc) is 2.99. The Morgan fingerprint density at radius 2 is 2.25 bits per heavy atom. The Morgan fingerprint density at radius 3 is 2.88 bits per heavy atom. The lowest BCUT2D eigenvalue weighted by molar-refractivity contribution is 0.0749. The van der Waals surface area contributed by atoms with Gasteiger partial charge in [0.15, 0.2) is 0 Å². The molecule has 1 aliphatic heterocycles. The standard InChI is InChI=1S/C16H26N4O3Si/c1-24(2,3)8-7-23-12-20-16(22)14(9-17)15(10-18-20)19-6-4-5-13(19)11-21/h10,13,21H,4-8,11-12H2,1-3H3/t13-/m0/s1. The van der Waals surface area contributed by atoms with E-state index in [9.17, 15) is 15.2 Å². The van der Waals surface area contributed by atoms with Crippen molar-refractivity contribution in [3.63, 3.8) is 0 Å². The van der Waals surface area contributed by atoms with Crippen molar-refractivity contribution in [2.24, 2.45) is 0 Å². The van der Waals surface area contributed by atoms with Crippen LogP contribution in [0, 0.1) is 11.3 Å². The fourth-order valence-electron chi connectivity index (χ4n) is 2.77. The molecule has 8 heteroatoms. The Balaban J connectivity index is 2.13. The molecule has 0 unspecified atom stereocenters. The topological polar surface area (TPSA) is 91.4 Å². The number of hydrogen-bond donors (Lipinski definition) is 1. The summed E-state index contributed by atoms with van der Waals surface area (Å²) in [6.07, 6.45) is 3.32. The first kappa shape index (κ1) is 18.6. The van der Waals surface area contributed by atoms with Crippen molar-refractivity contribution in [1.82, 2.24) is 9.78 Å². The third kappa shape index (κ3) is 4.44. The SMILES string of the molecule is C[Si](C)(C)CCOCn1ncc(N2CCC[C@H]2CO)c(C#N)c1=O. The van der Waals surface area contributed by atoms with Gasteiger partial charge in [-0.2, -0.15) is 10.4 Å². The number of aromatic nitrogens is 2. The van der Waals surface area contributed by atoms with Gasteiger partial charge in [-0.15, -0.1) is 0 Å².